The van der Waals surface area contributed by atoms with Gasteiger partial charge >= 0.3 is 0 Å². The quantitative estimate of drug-likeness (QED) is 0.233. The predicted molar refractivity (Wildman–Crippen MR) is 166 cm³/mol. The van der Waals surface area contributed by atoms with Gasteiger partial charge in [0.25, 0.3) is 0 Å². The fourth-order valence-electron chi connectivity index (χ4n) is 6.54. The lowest BCUT2D eigenvalue weighted by Gasteiger charge is -2.10. The SMILES string of the molecule is c1ccc(-n2c3ccc4c(c5ccccc5n4-c4ccc5nccnc5c4)c3c3ccc4ccccc4c32)cc1. The van der Waals surface area contributed by atoms with Crippen LogP contribution in [0.3, 0.4) is 0 Å². The summed E-state index contributed by atoms with van der Waals surface area (Å²) in [5.41, 5.74) is 8.83. The third-order valence-electron chi connectivity index (χ3n) is 8.18. The molecule has 0 aliphatic rings. The summed E-state index contributed by atoms with van der Waals surface area (Å²) in [5, 5.41) is 7.54. The number of nitrogens with zero attached hydrogens (tertiary/aromatic N) is 4. The minimum atomic E-state index is 0.888. The minimum absolute atomic E-state index is 0.888. The third-order valence-corrected chi connectivity index (χ3v) is 8.18. The van der Waals surface area contributed by atoms with Gasteiger partial charge in [0.15, 0.2) is 0 Å². The molecule has 0 saturated heterocycles. The van der Waals surface area contributed by atoms with Gasteiger partial charge in [0.1, 0.15) is 0 Å². The van der Waals surface area contributed by atoms with E-state index in [2.05, 4.69) is 140 Å². The van der Waals surface area contributed by atoms with E-state index in [4.69, 9.17) is 0 Å². The molecule has 0 atom stereocenters. The van der Waals surface area contributed by atoms with Crippen molar-refractivity contribution in [2.45, 2.75) is 0 Å². The average Bonchev–Trinajstić information content (AvgIpc) is 3.54. The van der Waals surface area contributed by atoms with Crippen molar-refractivity contribution in [1.82, 2.24) is 19.1 Å². The highest BCUT2D eigenvalue weighted by Crippen LogP contribution is 2.44. The van der Waals surface area contributed by atoms with Crippen LogP contribution in [0.2, 0.25) is 0 Å². The van der Waals surface area contributed by atoms with Crippen LogP contribution in [0, 0.1) is 0 Å². The number of fused-ring (bicyclic) bond motifs is 10. The van der Waals surface area contributed by atoms with E-state index in [-0.39, 0.29) is 0 Å². The van der Waals surface area contributed by atoms with E-state index in [1.54, 1.807) is 12.4 Å². The summed E-state index contributed by atoms with van der Waals surface area (Å²) in [7, 11) is 0. The summed E-state index contributed by atoms with van der Waals surface area (Å²) in [6.45, 7) is 0. The van der Waals surface area contributed by atoms with Gasteiger partial charge in [0.2, 0.25) is 0 Å². The lowest BCUT2D eigenvalue weighted by molar-refractivity contribution is 1.17. The number of hydrogen-bond acceptors (Lipinski definition) is 2. The van der Waals surface area contributed by atoms with Crippen LogP contribution in [0.4, 0.5) is 0 Å². The smallest absolute Gasteiger partial charge is 0.0907 e. The molecule has 4 nitrogen and oxygen atoms in total. The van der Waals surface area contributed by atoms with E-state index in [0.717, 1.165) is 22.4 Å². The Hall–Kier alpha value is -5.48. The molecule has 0 aliphatic heterocycles. The van der Waals surface area contributed by atoms with Crippen molar-refractivity contribution in [3.05, 3.63) is 134 Å². The lowest BCUT2D eigenvalue weighted by Crippen LogP contribution is -1.95. The van der Waals surface area contributed by atoms with Gasteiger partial charge in [-0.05, 0) is 53.9 Å². The van der Waals surface area contributed by atoms with Gasteiger partial charge in [-0.2, -0.15) is 0 Å². The predicted octanol–water partition coefficient (Wildman–Crippen LogP) is 8.98. The highest BCUT2D eigenvalue weighted by atomic mass is 15.0. The molecule has 9 aromatic rings. The van der Waals surface area contributed by atoms with Gasteiger partial charge in [-0.3, -0.25) is 9.97 Å². The summed E-state index contributed by atoms with van der Waals surface area (Å²) in [4.78, 5) is 9.07. The van der Waals surface area contributed by atoms with E-state index in [1.807, 2.05) is 0 Å². The monoisotopic (exact) mass is 510 g/mol. The zero-order valence-electron chi connectivity index (χ0n) is 21.5. The van der Waals surface area contributed by atoms with Gasteiger partial charge in [-0.15, -0.1) is 0 Å². The summed E-state index contributed by atoms with van der Waals surface area (Å²) in [5.74, 6) is 0. The molecule has 0 saturated carbocycles. The molecular formula is C36H22N4. The summed E-state index contributed by atoms with van der Waals surface area (Å²) >= 11 is 0. The van der Waals surface area contributed by atoms with Crippen LogP contribution in [0.1, 0.15) is 0 Å². The van der Waals surface area contributed by atoms with E-state index in [1.165, 1.54) is 54.4 Å². The molecule has 0 radical (unpaired) electrons. The van der Waals surface area contributed by atoms with Crippen LogP contribution in [0.25, 0.3) is 76.8 Å². The number of rotatable bonds is 2. The minimum Gasteiger partial charge on any atom is -0.309 e. The van der Waals surface area contributed by atoms with Crippen molar-refractivity contribution in [2.24, 2.45) is 0 Å². The van der Waals surface area contributed by atoms with Crippen LogP contribution in [-0.2, 0) is 0 Å². The van der Waals surface area contributed by atoms with Crippen molar-refractivity contribution in [3.8, 4) is 11.4 Å². The maximum Gasteiger partial charge on any atom is 0.0907 e. The first kappa shape index (κ1) is 21.5. The Labute approximate surface area is 229 Å². The van der Waals surface area contributed by atoms with Crippen LogP contribution in [0.15, 0.2) is 134 Å². The van der Waals surface area contributed by atoms with Crippen LogP contribution >= 0.6 is 0 Å². The van der Waals surface area contributed by atoms with Gasteiger partial charge in [-0.25, -0.2) is 0 Å². The van der Waals surface area contributed by atoms with Crippen molar-refractivity contribution < 1.29 is 0 Å². The highest BCUT2D eigenvalue weighted by molar-refractivity contribution is 6.31. The normalized spacial score (nSPS) is 12.0. The maximum atomic E-state index is 4.59. The van der Waals surface area contributed by atoms with Crippen LogP contribution in [0.5, 0.6) is 0 Å². The molecular weight excluding hydrogens is 488 g/mol. The molecule has 0 unspecified atom stereocenters. The Bertz CT molecular complexity index is 2430. The lowest BCUT2D eigenvalue weighted by atomic mass is 10.0. The second kappa shape index (κ2) is 8.01. The van der Waals surface area contributed by atoms with Gasteiger partial charge in [0, 0.05) is 50.7 Å². The first-order chi connectivity index (χ1) is 19.9. The molecule has 3 aromatic heterocycles. The summed E-state index contributed by atoms with van der Waals surface area (Å²) < 4.78 is 4.80. The van der Waals surface area contributed by atoms with Crippen molar-refractivity contribution in [1.29, 1.82) is 0 Å². The fraction of sp³-hybridized carbons (Fsp3) is 0. The van der Waals surface area contributed by atoms with Crippen LogP contribution in [-0.4, -0.2) is 19.1 Å². The molecule has 3 heterocycles. The average molecular weight is 511 g/mol. The molecule has 4 heteroatoms. The summed E-state index contributed by atoms with van der Waals surface area (Å²) in [6, 6.07) is 43.6. The summed E-state index contributed by atoms with van der Waals surface area (Å²) in [6.07, 6.45) is 3.50. The standard InChI is InChI=1S/C36H22N4/c1-2-9-24(10-3-1)40-33-19-18-32-34(35(33)28-16-14-23-8-4-5-11-26(23)36(28)40)27-12-6-7-13-31(27)39(32)25-15-17-29-30(22-25)38-21-20-37-29/h1-22H. The molecule has 6 aromatic carbocycles. The van der Waals surface area contributed by atoms with Gasteiger partial charge < -0.3 is 9.13 Å². The first-order valence-electron chi connectivity index (χ1n) is 13.5. The number of hydrogen-bond donors (Lipinski definition) is 0. The molecule has 0 N–H and O–H groups in total. The Morgan fingerprint density at radius 1 is 0.425 bits per heavy atom. The molecule has 186 valence electrons. The molecule has 0 bridgehead atoms. The topological polar surface area (TPSA) is 35.6 Å². The fourth-order valence-corrected chi connectivity index (χ4v) is 6.54. The molecule has 0 fully saturated rings. The Morgan fingerprint density at radius 2 is 1.12 bits per heavy atom. The molecule has 40 heavy (non-hydrogen) atoms. The Morgan fingerprint density at radius 3 is 2.00 bits per heavy atom. The van der Waals surface area contributed by atoms with Crippen molar-refractivity contribution in [2.75, 3.05) is 0 Å². The molecule has 0 spiro atoms. The first-order valence-corrected chi connectivity index (χ1v) is 13.5. The van der Waals surface area contributed by atoms with E-state index >= 15 is 0 Å². The highest BCUT2D eigenvalue weighted by Gasteiger charge is 2.21. The second-order valence-corrected chi connectivity index (χ2v) is 10.3. The maximum absolute atomic E-state index is 4.59. The zero-order valence-corrected chi connectivity index (χ0v) is 21.5. The van der Waals surface area contributed by atoms with Gasteiger partial charge in [-0.1, -0.05) is 72.8 Å². The van der Waals surface area contributed by atoms with E-state index < -0.39 is 0 Å². The van der Waals surface area contributed by atoms with Crippen molar-refractivity contribution in [3.63, 3.8) is 0 Å². The molecule has 0 aliphatic carbocycles. The van der Waals surface area contributed by atoms with Gasteiger partial charge in [0.05, 0.1) is 33.1 Å². The van der Waals surface area contributed by atoms with Crippen LogP contribution < -0.4 is 0 Å². The molecule has 0 amide bonds. The van der Waals surface area contributed by atoms with E-state index in [0.29, 0.717) is 0 Å². The largest absolute Gasteiger partial charge is 0.309 e. The Kier molecular flexibility index (Phi) is 4.30. The number of para-hydroxylation sites is 2. The zero-order chi connectivity index (χ0) is 26.2. The number of aromatic nitrogens is 4. The second-order valence-electron chi connectivity index (χ2n) is 10.3. The Balaban J connectivity index is 1.51. The molecule has 9 rings (SSSR count). The van der Waals surface area contributed by atoms with Crippen molar-refractivity contribution >= 4 is 65.4 Å². The number of benzene rings is 6. The van der Waals surface area contributed by atoms with E-state index in [9.17, 15) is 0 Å². The third kappa shape index (κ3) is 2.85.